The molecule has 0 N–H and O–H groups in total. The van der Waals surface area contributed by atoms with Gasteiger partial charge in [0.1, 0.15) is 5.03 Å². The first-order chi connectivity index (χ1) is 5.75. The number of ether oxygens (including phenoxy) is 1. The van der Waals surface area contributed by atoms with Crippen LogP contribution in [0.3, 0.4) is 0 Å². The second-order valence-corrected chi connectivity index (χ2v) is 2.73. The van der Waals surface area contributed by atoms with Crippen molar-refractivity contribution < 1.29 is 4.74 Å². The fraction of sp³-hybridized carbons (Fsp3) is 0.125. The Bertz CT molecular complexity index is 284. The van der Waals surface area contributed by atoms with Crippen LogP contribution in [0.2, 0.25) is 0 Å². The van der Waals surface area contributed by atoms with Crippen molar-refractivity contribution in [2.75, 3.05) is 7.11 Å². The van der Waals surface area contributed by atoms with Crippen LogP contribution in [0, 0.1) is 0 Å². The molecule has 0 spiro atoms. The first-order valence-electron chi connectivity index (χ1n) is 3.26. The molecule has 0 aromatic carbocycles. The second kappa shape index (κ2) is 4.33. The summed E-state index contributed by atoms with van der Waals surface area (Å²) >= 11 is 11.5. The average molecular weight is 204 g/mol. The molecule has 1 rings (SSSR count). The van der Waals surface area contributed by atoms with E-state index in [1.807, 2.05) is 6.07 Å². The van der Waals surface area contributed by atoms with Crippen molar-refractivity contribution in [1.29, 1.82) is 0 Å². The Kier molecular flexibility index (Phi) is 3.38. The fourth-order valence-corrected chi connectivity index (χ4v) is 0.969. The topological polar surface area (TPSA) is 22.1 Å². The van der Waals surface area contributed by atoms with Gasteiger partial charge in [-0.1, -0.05) is 17.7 Å². The van der Waals surface area contributed by atoms with Gasteiger partial charge in [-0.05, 0) is 23.7 Å². The number of aromatic nitrogens is 1. The minimum Gasteiger partial charge on any atom is -0.485 e. The van der Waals surface area contributed by atoms with Gasteiger partial charge in [-0.15, -0.1) is 0 Å². The van der Waals surface area contributed by atoms with Crippen LogP contribution in [0.4, 0.5) is 0 Å². The zero-order valence-corrected chi connectivity index (χ0v) is 7.93. The summed E-state index contributed by atoms with van der Waals surface area (Å²) in [5.74, 6) is 0. The second-order valence-electron chi connectivity index (χ2n) is 2.01. The molecule has 0 radical (unpaired) electrons. The Morgan fingerprint density at radius 2 is 2.17 bits per heavy atom. The molecule has 0 saturated heterocycles. The highest BCUT2D eigenvalue weighted by molar-refractivity contribution is 6.53. The van der Waals surface area contributed by atoms with Crippen LogP contribution >= 0.6 is 23.2 Å². The molecule has 2 nitrogen and oxygen atoms in total. The normalized spacial score (nSPS) is 12.2. The Morgan fingerprint density at radius 1 is 1.42 bits per heavy atom. The van der Waals surface area contributed by atoms with Gasteiger partial charge in [0.25, 0.3) is 0 Å². The Morgan fingerprint density at radius 3 is 2.67 bits per heavy atom. The van der Waals surface area contributed by atoms with Crippen molar-refractivity contribution in [3.05, 3.63) is 35.3 Å². The van der Waals surface area contributed by atoms with Gasteiger partial charge >= 0.3 is 0 Å². The summed E-state index contributed by atoms with van der Waals surface area (Å²) in [5, 5.41) is 0.468. The van der Waals surface area contributed by atoms with E-state index in [1.54, 1.807) is 18.3 Å². The van der Waals surface area contributed by atoms with Crippen molar-refractivity contribution in [2.45, 2.75) is 0 Å². The van der Waals surface area contributed by atoms with Gasteiger partial charge in [0, 0.05) is 6.20 Å². The van der Waals surface area contributed by atoms with Crippen molar-refractivity contribution in [3.63, 3.8) is 0 Å². The summed E-state index contributed by atoms with van der Waals surface area (Å²) < 4.78 is 4.74. The fourth-order valence-electron chi connectivity index (χ4n) is 0.683. The van der Waals surface area contributed by atoms with Gasteiger partial charge in [0.05, 0.1) is 12.8 Å². The standard InChI is InChI=1S/C8H7Cl2NO/c1-12-8(10)7(9)6-4-2-3-5-11-6/h2-5H,1H3/b8-7-. The largest absolute Gasteiger partial charge is 0.485 e. The molecule has 0 unspecified atom stereocenters. The van der Waals surface area contributed by atoms with Crippen LogP contribution in [0.5, 0.6) is 0 Å². The molecule has 1 aromatic heterocycles. The number of rotatable bonds is 2. The Hall–Kier alpha value is -0.730. The predicted octanol–water partition coefficient (Wildman–Crippen LogP) is 2.83. The summed E-state index contributed by atoms with van der Waals surface area (Å²) in [4.78, 5) is 3.99. The van der Waals surface area contributed by atoms with E-state index < -0.39 is 0 Å². The molecule has 0 atom stereocenters. The molecular formula is C8H7Cl2NO. The van der Waals surface area contributed by atoms with E-state index >= 15 is 0 Å². The van der Waals surface area contributed by atoms with Crippen LogP contribution in [0.15, 0.2) is 29.6 Å². The first kappa shape index (κ1) is 9.36. The quantitative estimate of drug-likeness (QED) is 0.691. The van der Waals surface area contributed by atoms with Gasteiger partial charge in [-0.3, -0.25) is 4.98 Å². The van der Waals surface area contributed by atoms with E-state index in [2.05, 4.69) is 4.98 Å². The maximum atomic E-state index is 5.82. The van der Waals surface area contributed by atoms with Crippen LogP contribution < -0.4 is 0 Å². The maximum Gasteiger partial charge on any atom is 0.207 e. The molecule has 4 heteroatoms. The Labute approximate surface area is 80.8 Å². The van der Waals surface area contributed by atoms with Crippen LogP contribution in [-0.4, -0.2) is 12.1 Å². The van der Waals surface area contributed by atoms with E-state index in [1.165, 1.54) is 7.11 Å². The molecular weight excluding hydrogens is 197 g/mol. The smallest absolute Gasteiger partial charge is 0.207 e. The minimum atomic E-state index is 0.148. The van der Waals surface area contributed by atoms with Crippen molar-refractivity contribution in [3.8, 4) is 0 Å². The molecule has 0 bridgehead atoms. The van der Waals surface area contributed by atoms with Gasteiger partial charge in [-0.25, -0.2) is 0 Å². The lowest BCUT2D eigenvalue weighted by atomic mass is 10.3. The van der Waals surface area contributed by atoms with Crippen LogP contribution in [0.1, 0.15) is 5.69 Å². The number of nitrogens with zero attached hydrogens (tertiary/aromatic N) is 1. The summed E-state index contributed by atoms with van der Waals surface area (Å²) in [6.07, 6.45) is 1.64. The van der Waals surface area contributed by atoms with Crippen LogP contribution in [0.25, 0.3) is 5.03 Å². The predicted molar refractivity (Wildman–Crippen MR) is 49.9 cm³/mol. The monoisotopic (exact) mass is 203 g/mol. The highest BCUT2D eigenvalue weighted by Gasteiger charge is 2.04. The lowest BCUT2D eigenvalue weighted by molar-refractivity contribution is 0.324. The third-order valence-electron chi connectivity index (χ3n) is 1.24. The third kappa shape index (κ3) is 2.13. The van der Waals surface area contributed by atoms with E-state index in [-0.39, 0.29) is 5.22 Å². The zero-order valence-electron chi connectivity index (χ0n) is 6.42. The highest BCUT2D eigenvalue weighted by Crippen LogP contribution is 2.23. The summed E-state index contributed by atoms with van der Waals surface area (Å²) in [7, 11) is 1.45. The zero-order chi connectivity index (χ0) is 8.97. The molecule has 0 aliphatic heterocycles. The van der Waals surface area contributed by atoms with E-state index in [9.17, 15) is 0 Å². The number of pyridine rings is 1. The number of methoxy groups -OCH3 is 1. The average Bonchev–Trinajstić information content (AvgIpc) is 2.17. The molecule has 0 aliphatic carbocycles. The van der Waals surface area contributed by atoms with Gasteiger partial charge in [0.15, 0.2) is 0 Å². The molecule has 1 heterocycles. The van der Waals surface area contributed by atoms with E-state index in [0.717, 1.165) is 0 Å². The maximum absolute atomic E-state index is 5.82. The molecule has 12 heavy (non-hydrogen) atoms. The third-order valence-corrected chi connectivity index (χ3v) is 2.05. The van der Waals surface area contributed by atoms with Crippen molar-refractivity contribution in [2.24, 2.45) is 0 Å². The van der Waals surface area contributed by atoms with Gasteiger partial charge in [0.2, 0.25) is 5.22 Å². The lowest BCUT2D eigenvalue weighted by Crippen LogP contribution is -1.86. The molecule has 0 fully saturated rings. The lowest BCUT2D eigenvalue weighted by Gasteiger charge is -2.00. The van der Waals surface area contributed by atoms with Crippen LogP contribution in [-0.2, 0) is 4.74 Å². The first-order valence-corrected chi connectivity index (χ1v) is 4.02. The summed E-state index contributed by atoms with van der Waals surface area (Å²) in [6, 6.07) is 5.38. The Balaban J connectivity index is 3.00. The highest BCUT2D eigenvalue weighted by atomic mass is 35.5. The number of hydrogen-bond donors (Lipinski definition) is 0. The SMILES string of the molecule is CO/C(Cl)=C(\Cl)c1ccccn1. The molecule has 0 aliphatic rings. The van der Waals surface area contributed by atoms with E-state index in [4.69, 9.17) is 27.9 Å². The number of halogens is 2. The minimum absolute atomic E-state index is 0.148. The number of hydrogen-bond acceptors (Lipinski definition) is 2. The molecule has 1 aromatic rings. The summed E-state index contributed by atoms with van der Waals surface area (Å²) in [5.41, 5.74) is 0.603. The summed E-state index contributed by atoms with van der Waals surface area (Å²) in [6.45, 7) is 0. The van der Waals surface area contributed by atoms with Crippen molar-refractivity contribution >= 4 is 28.2 Å². The van der Waals surface area contributed by atoms with E-state index in [0.29, 0.717) is 10.7 Å². The molecule has 0 saturated carbocycles. The molecule has 0 amide bonds. The van der Waals surface area contributed by atoms with Gasteiger partial charge < -0.3 is 4.74 Å². The van der Waals surface area contributed by atoms with Crippen molar-refractivity contribution in [1.82, 2.24) is 4.98 Å². The van der Waals surface area contributed by atoms with Gasteiger partial charge in [-0.2, -0.15) is 0 Å². The molecule has 64 valence electrons.